The largest absolute Gasteiger partial charge is 0.418 e. The molecule has 2 saturated heterocycles. The number of benzene rings is 1. The van der Waals surface area contributed by atoms with E-state index in [0.29, 0.717) is 51.9 Å². The molecular weight excluding hydrogens is 387 g/mol. The Balaban J connectivity index is 1.72. The van der Waals surface area contributed by atoms with Gasteiger partial charge in [0.15, 0.2) is 0 Å². The Kier molecular flexibility index (Phi) is 6.89. The van der Waals surface area contributed by atoms with E-state index in [1.165, 1.54) is 12.1 Å². The van der Waals surface area contributed by atoms with Crippen molar-refractivity contribution in [1.29, 1.82) is 0 Å². The minimum atomic E-state index is -4.51. The Morgan fingerprint density at radius 3 is 2.07 bits per heavy atom. The van der Waals surface area contributed by atoms with Crippen LogP contribution in [-0.2, 0) is 15.7 Å². The van der Waals surface area contributed by atoms with Crippen molar-refractivity contribution in [2.45, 2.75) is 44.1 Å². The number of carbonyl (C=O) groups is 1. The predicted octanol–water partition coefficient (Wildman–Crippen LogP) is 3.96. The van der Waals surface area contributed by atoms with Crippen LogP contribution in [0.25, 0.3) is 0 Å². The van der Waals surface area contributed by atoms with Gasteiger partial charge in [-0.25, -0.2) is 4.79 Å². The van der Waals surface area contributed by atoms with E-state index in [1.807, 2.05) is 0 Å². The number of nitrogens with zero attached hydrogens (tertiary/aromatic N) is 2. The van der Waals surface area contributed by atoms with E-state index >= 15 is 0 Å². The third-order valence-electron chi connectivity index (χ3n) is 5.73. The van der Waals surface area contributed by atoms with Gasteiger partial charge in [0.05, 0.1) is 17.8 Å². The molecule has 2 aliphatic heterocycles. The van der Waals surface area contributed by atoms with Gasteiger partial charge in [0.1, 0.15) is 0 Å². The number of amides is 2. The third-order valence-corrected chi connectivity index (χ3v) is 5.73. The molecule has 0 aliphatic carbocycles. The van der Waals surface area contributed by atoms with Crippen LogP contribution in [0.4, 0.5) is 29.3 Å². The second-order valence-corrected chi connectivity index (χ2v) is 7.50. The predicted molar refractivity (Wildman–Crippen MR) is 104 cm³/mol. The van der Waals surface area contributed by atoms with Gasteiger partial charge in [0.2, 0.25) is 0 Å². The summed E-state index contributed by atoms with van der Waals surface area (Å²) in [5.74, 6) is 0. The summed E-state index contributed by atoms with van der Waals surface area (Å²) in [6, 6.07) is 3.62. The highest BCUT2D eigenvalue weighted by Crippen LogP contribution is 2.39. The van der Waals surface area contributed by atoms with Crippen LogP contribution in [0.2, 0.25) is 0 Å². The summed E-state index contributed by atoms with van der Waals surface area (Å²) >= 11 is 0. The minimum absolute atomic E-state index is 0.0846. The molecule has 162 valence electrons. The van der Waals surface area contributed by atoms with Crippen molar-refractivity contribution >= 4 is 17.4 Å². The zero-order valence-corrected chi connectivity index (χ0v) is 16.8. The molecule has 0 aromatic heterocycles. The van der Waals surface area contributed by atoms with E-state index in [2.05, 4.69) is 5.32 Å². The van der Waals surface area contributed by atoms with Gasteiger partial charge in [-0.1, -0.05) is 0 Å². The van der Waals surface area contributed by atoms with Crippen molar-refractivity contribution in [3.63, 3.8) is 0 Å². The summed E-state index contributed by atoms with van der Waals surface area (Å²) in [6.07, 6.45) is -1.50. The van der Waals surface area contributed by atoms with Crippen molar-refractivity contribution in [2.75, 3.05) is 50.6 Å². The first-order valence-electron chi connectivity index (χ1n) is 9.89. The van der Waals surface area contributed by atoms with Crippen LogP contribution in [0.5, 0.6) is 0 Å². The first-order chi connectivity index (χ1) is 13.8. The van der Waals surface area contributed by atoms with Gasteiger partial charge < -0.3 is 24.6 Å². The summed E-state index contributed by atoms with van der Waals surface area (Å²) in [7, 11) is 3.26. The Morgan fingerprint density at radius 2 is 1.55 bits per heavy atom. The normalized spacial score (nSPS) is 19.5. The van der Waals surface area contributed by atoms with E-state index in [0.717, 1.165) is 6.07 Å². The zero-order chi connectivity index (χ0) is 21.0. The standard InChI is InChI=1S/C20H28F3N3O3/c1-28-15-5-9-25(10-6-15)18-4-3-14(13-17(18)20(21,22)23)24-19(27)26-11-7-16(29-2)8-12-26/h3-4,13,15-16H,5-12H2,1-2H3,(H,24,27). The molecule has 1 N–H and O–H groups in total. The lowest BCUT2D eigenvalue weighted by Crippen LogP contribution is -2.42. The van der Waals surface area contributed by atoms with Gasteiger partial charge in [-0.05, 0) is 43.9 Å². The molecule has 2 heterocycles. The summed E-state index contributed by atoms with van der Waals surface area (Å²) in [4.78, 5) is 15.8. The van der Waals surface area contributed by atoms with Crippen molar-refractivity contribution in [3.05, 3.63) is 23.8 Å². The molecule has 3 rings (SSSR count). The fourth-order valence-corrected chi connectivity index (χ4v) is 3.95. The van der Waals surface area contributed by atoms with E-state index < -0.39 is 11.7 Å². The van der Waals surface area contributed by atoms with Gasteiger partial charge >= 0.3 is 12.2 Å². The van der Waals surface area contributed by atoms with Crippen LogP contribution in [0.15, 0.2) is 18.2 Å². The lowest BCUT2D eigenvalue weighted by Gasteiger charge is -2.34. The Bertz CT molecular complexity index is 698. The molecule has 2 fully saturated rings. The number of alkyl halides is 3. The van der Waals surface area contributed by atoms with Crippen LogP contribution in [0.1, 0.15) is 31.2 Å². The first-order valence-corrected chi connectivity index (χ1v) is 9.89. The molecule has 1 aromatic rings. The first kappa shape index (κ1) is 21.7. The molecule has 2 amide bonds. The average molecular weight is 415 g/mol. The van der Waals surface area contributed by atoms with Crippen molar-refractivity contribution in [2.24, 2.45) is 0 Å². The van der Waals surface area contributed by atoms with Crippen LogP contribution in [0, 0.1) is 0 Å². The highest BCUT2D eigenvalue weighted by Gasteiger charge is 2.36. The smallest absolute Gasteiger partial charge is 0.381 e. The monoisotopic (exact) mass is 415 g/mol. The summed E-state index contributed by atoms with van der Waals surface area (Å²) in [5, 5.41) is 2.61. The van der Waals surface area contributed by atoms with Gasteiger partial charge in [0, 0.05) is 51.8 Å². The molecule has 1 aromatic carbocycles. The Hall–Kier alpha value is -2.00. The number of likely N-dealkylation sites (tertiary alicyclic amines) is 1. The number of methoxy groups -OCH3 is 2. The zero-order valence-electron chi connectivity index (χ0n) is 16.8. The summed E-state index contributed by atoms with van der Waals surface area (Å²) in [5.41, 5.74) is -0.443. The molecule has 2 aliphatic rings. The Morgan fingerprint density at radius 1 is 1.00 bits per heavy atom. The van der Waals surface area contributed by atoms with Crippen LogP contribution in [-0.4, -0.2) is 63.5 Å². The number of anilines is 2. The second-order valence-electron chi connectivity index (χ2n) is 7.50. The number of piperidine rings is 2. The molecular formula is C20H28F3N3O3. The number of hydrogen-bond donors (Lipinski definition) is 1. The highest BCUT2D eigenvalue weighted by molar-refractivity contribution is 5.90. The number of ether oxygens (including phenoxy) is 2. The SMILES string of the molecule is COC1CCN(C(=O)Nc2ccc(N3CCC(OC)CC3)c(C(F)(F)F)c2)CC1. The summed E-state index contributed by atoms with van der Waals surface area (Å²) in [6.45, 7) is 2.04. The maximum Gasteiger partial charge on any atom is 0.418 e. The molecule has 0 atom stereocenters. The molecule has 0 radical (unpaired) electrons. The van der Waals surface area contributed by atoms with E-state index in [4.69, 9.17) is 9.47 Å². The lowest BCUT2D eigenvalue weighted by molar-refractivity contribution is -0.137. The molecule has 29 heavy (non-hydrogen) atoms. The molecule has 9 heteroatoms. The van der Waals surface area contributed by atoms with Crippen LogP contribution >= 0.6 is 0 Å². The van der Waals surface area contributed by atoms with Crippen molar-refractivity contribution < 1.29 is 27.4 Å². The lowest BCUT2D eigenvalue weighted by atomic mass is 10.0. The van der Waals surface area contributed by atoms with Crippen LogP contribution < -0.4 is 10.2 Å². The molecule has 0 bridgehead atoms. The van der Waals surface area contributed by atoms with Crippen LogP contribution in [0.3, 0.4) is 0 Å². The van der Waals surface area contributed by atoms with Crippen molar-refractivity contribution in [3.8, 4) is 0 Å². The number of urea groups is 1. The molecule has 0 saturated carbocycles. The molecule has 0 spiro atoms. The topological polar surface area (TPSA) is 54.0 Å². The number of halogens is 3. The minimum Gasteiger partial charge on any atom is -0.381 e. The number of nitrogens with one attached hydrogen (secondary N) is 1. The van der Waals surface area contributed by atoms with Crippen molar-refractivity contribution in [1.82, 2.24) is 4.90 Å². The maximum atomic E-state index is 13.7. The highest BCUT2D eigenvalue weighted by atomic mass is 19.4. The van der Waals surface area contributed by atoms with E-state index in [9.17, 15) is 18.0 Å². The fraction of sp³-hybridized carbons (Fsp3) is 0.650. The van der Waals surface area contributed by atoms with Gasteiger partial charge in [-0.15, -0.1) is 0 Å². The van der Waals surface area contributed by atoms with Gasteiger partial charge in [-0.2, -0.15) is 13.2 Å². The van der Waals surface area contributed by atoms with E-state index in [1.54, 1.807) is 24.0 Å². The fourth-order valence-electron chi connectivity index (χ4n) is 3.95. The quantitative estimate of drug-likeness (QED) is 0.809. The van der Waals surface area contributed by atoms with Gasteiger partial charge in [0.25, 0.3) is 0 Å². The van der Waals surface area contributed by atoms with Gasteiger partial charge in [-0.3, -0.25) is 0 Å². The number of hydrogen-bond acceptors (Lipinski definition) is 4. The average Bonchev–Trinajstić information content (AvgIpc) is 2.73. The van der Waals surface area contributed by atoms with E-state index in [-0.39, 0.29) is 29.6 Å². The molecule has 6 nitrogen and oxygen atoms in total. The number of carbonyl (C=O) groups excluding carboxylic acids is 1. The second kappa shape index (κ2) is 9.21. The summed E-state index contributed by atoms with van der Waals surface area (Å²) < 4.78 is 51.7. The molecule has 0 unspecified atom stereocenters. The maximum absolute atomic E-state index is 13.7. The Labute approximate surface area is 168 Å². The number of rotatable bonds is 4. The third kappa shape index (κ3) is 5.33.